The highest BCUT2D eigenvalue weighted by Gasteiger charge is 2.19. The molecule has 0 aromatic rings. The van der Waals surface area contributed by atoms with Gasteiger partial charge in [-0.2, -0.15) is 0 Å². The van der Waals surface area contributed by atoms with Crippen LogP contribution >= 0.6 is 0 Å². The van der Waals surface area contributed by atoms with Gasteiger partial charge in [-0.3, -0.25) is 4.79 Å². The number of amides is 1. The van der Waals surface area contributed by atoms with Crippen molar-refractivity contribution in [2.45, 2.75) is 32.6 Å². The average Bonchev–Trinajstić information content (AvgIpc) is 2.16. The summed E-state index contributed by atoms with van der Waals surface area (Å²) in [7, 11) is 0. The summed E-state index contributed by atoms with van der Waals surface area (Å²) in [5, 5.41) is 2.67. The fourth-order valence-electron chi connectivity index (χ4n) is 1.63. The summed E-state index contributed by atoms with van der Waals surface area (Å²) < 4.78 is 4.75. The summed E-state index contributed by atoms with van der Waals surface area (Å²) in [6.07, 6.45) is 2.56. The van der Waals surface area contributed by atoms with E-state index in [4.69, 9.17) is 4.74 Å². The van der Waals surface area contributed by atoms with Gasteiger partial charge in [0.25, 0.3) is 0 Å². The third-order valence-electron chi connectivity index (χ3n) is 2.46. The quantitative estimate of drug-likeness (QED) is 0.726. The van der Waals surface area contributed by atoms with E-state index in [0.717, 1.165) is 12.8 Å². The lowest BCUT2D eigenvalue weighted by atomic mass is 9.88. The number of carbonyl (C=O) groups is 2. The molecule has 1 N–H and O–H groups in total. The first-order valence-corrected chi connectivity index (χ1v) is 5.21. The lowest BCUT2D eigenvalue weighted by Gasteiger charge is -2.20. The minimum atomic E-state index is -0.459. The molecule has 0 heterocycles. The average molecular weight is 211 g/mol. The van der Waals surface area contributed by atoms with Crippen LogP contribution in [-0.4, -0.2) is 18.4 Å². The SMILES string of the molecule is C=C(C)OC(=O)NCC1CCC(=O)CC1. The maximum Gasteiger partial charge on any atom is 0.412 e. The van der Waals surface area contributed by atoms with E-state index in [1.54, 1.807) is 6.92 Å². The highest BCUT2D eigenvalue weighted by molar-refractivity contribution is 5.79. The predicted octanol–water partition coefficient (Wildman–Crippen LogP) is 2.01. The van der Waals surface area contributed by atoms with Gasteiger partial charge in [0.15, 0.2) is 0 Å². The van der Waals surface area contributed by atoms with E-state index in [1.807, 2.05) is 0 Å². The van der Waals surface area contributed by atoms with Crippen molar-refractivity contribution >= 4 is 11.9 Å². The fraction of sp³-hybridized carbons (Fsp3) is 0.636. The number of ether oxygens (including phenoxy) is 1. The Bertz CT molecular complexity index is 263. The first kappa shape index (κ1) is 11.8. The van der Waals surface area contributed by atoms with Crippen LogP contribution < -0.4 is 5.32 Å². The van der Waals surface area contributed by atoms with Crippen molar-refractivity contribution in [3.63, 3.8) is 0 Å². The molecule has 0 atom stereocenters. The van der Waals surface area contributed by atoms with Crippen LogP contribution in [0.15, 0.2) is 12.3 Å². The molecule has 1 saturated carbocycles. The van der Waals surface area contributed by atoms with E-state index in [1.165, 1.54) is 0 Å². The molecule has 1 aliphatic carbocycles. The zero-order valence-corrected chi connectivity index (χ0v) is 9.04. The zero-order valence-electron chi connectivity index (χ0n) is 9.04. The molecule has 84 valence electrons. The van der Waals surface area contributed by atoms with Crippen molar-refractivity contribution in [3.05, 3.63) is 12.3 Å². The number of allylic oxidation sites excluding steroid dienone is 1. The lowest BCUT2D eigenvalue weighted by Crippen LogP contribution is -2.31. The number of rotatable bonds is 3. The van der Waals surface area contributed by atoms with E-state index in [0.29, 0.717) is 36.8 Å². The number of nitrogens with one attached hydrogen (secondary N) is 1. The maximum absolute atomic E-state index is 11.1. The van der Waals surface area contributed by atoms with Crippen molar-refractivity contribution in [2.24, 2.45) is 5.92 Å². The first-order valence-electron chi connectivity index (χ1n) is 5.21. The standard InChI is InChI=1S/C11H17NO3/c1-8(2)15-11(14)12-7-9-3-5-10(13)6-4-9/h9H,1,3-7H2,2H3,(H,12,14). The van der Waals surface area contributed by atoms with E-state index in [-0.39, 0.29) is 0 Å². The van der Waals surface area contributed by atoms with Crippen molar-refractivity contribution in [1.82, 2.24) is 5.32 Å². The summed E-state index contributed by atoms with van der Waals surface area (Å²) >= 11 is 0. The van der Waals surface area contributed by atoms with Gasteiger partial charge in [0, 0.05) is 19.4 Å². The molecule has 1 rings (SSSR count). The Kier molecular flexibility index (Phi) is 4.34. The third kappa shape index (κ3) is 4.63. The molecule has 0 aromatic carbocycles. The van der Waals surface area contributed by atoms with Crippen LogP contribution in [-0.2, 0) is 9.53 Å². The Labute approximate surface area is 89.7 Å². The maximum atomic E-state index is 11.1. The molecule has 0 aromatic heterocycles. The Balaban J connectivity index is 2.17. The summed E-state index contributed by atoms with van der Waals surface area (Å²) in [5.41, 5.74) is 0. The van der Waals surface area contributed by atoms with Gasteiger partial charge in [-0.05, 0) is 25.7 Å². The molecule has 0 saturated heterocycles. The van der Waals surface area contributed by atoms with E-state index in [2.05, 4.69) is 11.9 Å². The topological polar surface area (TPSA) is 55.4 Å². The Morgan fingerprint density at radius 1 is 1.53 bits per heavy atom. The number of carbonyl (C=O) groups excluding carboxylic acids is 2. The third-order valence-corrected chi connectivity index (χ3v) is 2.46. The van der Waals surface area contributed by atoms with Crippen LogP contribution in [0.2, 0.25) is 0 Å². The van der Waals surface area contributed by atoms with Gasteiger partial charge in [0.05, 0.1) is 5.76 Å². The number of hydrogen-bond acceptors (Lipinski definition) is 3. The smallest absolute Gasteiger partial charge is 0.412 e. The summed E-state index contributed by atoms with van der Waals surface area (Å²) in [6.45, 7) is 5.68. The van der Waals surface area contributed by atoms with Gasteiger partial charge < -0.3 is 10.1 Å². The molecule has 1 aliphatic rings. The Morgan fingerprint density at radius 2 is 2.13 bits per heavy atom. The lowest BCUT2D eigenvalue weighted by molar-refractivity contribution is -0.120. The first-order chi connectivity index (χ1) is 7.08. The van der Waals surface area contributed by atoms with Crippen LogP contribution in [0.4, 0.5) is 4.79 Å². The molecule has 1 amide bonds. The molecule has 0 spiro atoms. The second kappa shape index (κ2) is 5.53. The van der Waals surface area contributed by atoms with Crippen LogP contribution in [0.3, 0.4) is 0 Å². The molecule has 0 bridgehead atoms. The molecule has 0 aliphatic heterocycles. The molecule has 0 unspecified atom stereocenters. The number of alkyl carbamates (subject to hydrolysis) is 1. The molecular formula is C11H17NO3. The second-order valence-electron chi connectivity index (χ2n) is 3.95. The van der Waals surface area contributed by atoms with Crippen molar-refractivity contribution in [3.8, 4) is 0 Å². The predicted molar refractivity (Wildman–Crippen MR) is 56.3 cm³/mol. The highest BCUT2D eigenvalue weighted by atomic mass is 16.6. The number of hydrogen-bond donors (Lipinski definition) is 1. The normalized spacial score (nSPS) is 17.3. The van der Waals surface area contributed by atoms with Gasteiger partial charge in [0.2, 0.25) is 0 Å². The van der Waals surface area contributed by atoms with Gasteiger partial charge in [0.1, 0.15) is 5.78 Å². The molecule has 0 radical (unpaired) electrons. The van der Waals surface area contributed by atoms with E-state index >= 15 is 0 Å². The fourth-order valence-corrected chi connectivity index (χ4v) is 1.63. The van der Waals surface area contributed by atoms with Crippen LogP contribution in [0.1, 0.15) is 32.6 Å². The van der Waals surface area contributed by atoms with Crippen molar-refractivity contribution < 1.29 is 14.3 Å². The Hall–Kier alpha value is -1.32. The highest BCUT2D eigenvalue weighted by Crippen LogP contribution is 2.20. The van der Waals surface area contributed by atoms with Gasteiger partial charge in [-0.15, -0.1) is 0 Å². The zero-order chi connectivity index (χ0) is 11.3. The summed E-state index contributed by atoms with van der Waals surface area (Å²) in [5.74, 6) is 1.11. The molecule has 1 fully saturated rings. The summed E-state index contributed by atoms with van der Waals surface area (Å²) in [6, 6.07) is 0. The second-order valence-corrected chi connectivity index (χ2v) is 3.95. The van der Waals surface area contributed by atoms with Crippen LogP contribution in [0.5, 0.6) is 0 Å². The molecule has 15 heavy (non-hydrogen) atoms. The largest absolute Gasteiger partial charge is 0.416 e. The molecule has 4 nitrogen and oxygen atoms in total. The Morgan fingerprint density at radius 3 is 2.67 bits per heavy atom. The van der Waals surface area contributed by atoms with Crippen LogP contribution in [0, 0.1) is 5.92 Å². The number of Topliss-reactive ketones (excluding diaryl/α,β-unsaturated/α-hetero) is 1. The summed E-state index contributed by atoms with van der Waals surface area (Å²) in [4.78, 5) is 22.1. The van der Waals surface area contributed by atoms with Crippen LogP contribution in [0.25, 0.3) is 0 Å². The monoisotopic (exact) mass is 211 g/mol. The van der Waals surface area contributed by atoms with Crippen molar-refractivity contribution in [2.75, 3.05) is 6.54 Å². The minimum absolute atomic E-state index is 0.329. The van der Waals surface area contributed by atoms with Gasteiger partial charge in [-0.25, -0.2) is 4.79 Å². The number of ketones is 1. The van der Waals surface area contributed by atoms with Gasteiger partial charge >= 0.3 is 6.09 Å². The van der Waals surface area contributed by atoms with Gasteiger partial charge in [-0.1, -0.05) is 6.58 Å². The van der Waals surface area contributed by atoms with E-state index < -0.39 is 6.09 Å². The van der Waals surface area contributed by atoms with E-state index in [9.17, 15) is 9.59 Å². The minimum Gasteiger partial charge on any atom is -0.416 e. The van der Waals surface area contributed by atoms with Crippen molar-refractivity contribution in [1.29, 1.82) is 0 Å². The molecular weight excluding hydrogens is 194 g/mol. The molecule has 4 heteroatoms.